The molecule has 6 nitrogen and oxygen atoms in total. The third-order valence-electron chi connectivity index (χ3n) is 4.95. The zero-order valence-electron chi connectivity index (χ0n) is 15.6. The van der Waals surface area contributed by atoms with Gasteiger partial charge in [-0.3, -0.25) is 14.5 Å². The van der Waals surface area contributed by atoms with Gasteiger partial charge in [-0.05, 0) is 43.2 Å². The maximum absolute atomic E-state index is 12.6. The lowest BCUT2D eigenvalue weighted by Crippen LogP contribution is -2.50. The Labute approximate surface area is 164 Å². The number of hydrogen-bond acceptors (Lipinski definition) is 4. The first kappa shape index (κ1) is 19.3. The molecule has 2 amide bonds. The van der Waals surface area contributed by atoms with Crippen molar-refractivity contribution >= 4 is 29.7 Å². The standard InChI is InChI=1S/C20H24N4O2S/c1-14-5-3-7-17(15(14)2)22-18(25)13-23-9-11-24(12-10-23)20(26)16-6-4-8-21-19(16)27/h3-8H,9-13H2,1-2H3,(H,21,27)(H,22,25). The largest absolute Gasteiger partial charge is 0.352 e. The van der Waals surface area contributed by atoms with Gasteiger partial charge >= 0.3 is 0 Å². The van der Waals surface area contributed by atoms with Gasteiger partial charge in [0.25, 0.3) is 5.91 Å². The van der Waals surface area contributed by atoms with Crippen LogP contribution in [0.3, 0.4) is 0 Å². The molecule has 2 N–H and O–H groups in total. The van der Waals surface area contributed by atoms with Crippen molar-refractivity contribution in [2.45, 2.75) is 13.8 Å². The molecule has 2 aromatic rings. The number of nitrogens with one attached hydrogen (secondary N) is 2. The number of rotatable bonds is 4. The summed E-state index contributed by atoms with van der Waals surface area (Å²) in [5, 5.41) is 2.99. The van der Waals surface area contributed by atoms with Gasteiger partial charge in [0.15, 0.2) is 0 Å². The summed E-state index contributed by atoms with van der Waals surface area (Å²) in [6.45, 7) is 6.84. The van der Waals surface area contributed by atoms with Crippen molar-refractivity contribution in [3.05, 3.63) is 57.9 Å². The summed E-state index contributed by atoms with van der Waals surface area (Å²) >= 11 is 5.19. The number of pyridine rings is 1. The second-order valence-electron chi connectivity index (χ2n) is 6.78. The van der Waals surface area contributed by atoms with Crippen LogP contribution in [0.25, 0.3) is 0 Å². The lowest BCUT2D eigenvalue weighted by atomic mass is 10.1. The molecule has 0 radical (unpaired) electrons. The SMILES string of the molecule is Cc1cccc(NC(=O)CN2CCN(C(=O)c3ccc[nH]c3=S)CC2)c1C. The number of aryl methyl sites for hydroxylation is 1. The molecule has 142 valence electrons. The Morgan fingerprint density at radius 1 is 1.11 bits per heavy atom. The van der Waals surface area contributed by atoms with Crippen LogP contribution >= 0.6 is 12.2 Å². The summed E-state index contributed by atoms with van der Waals surface area (Å²) in [4.78, 5) is 31.7. The number of piperazine rings is 1. The number of carbonyl (C=O) groups is 2. The van der Waals surface area contributed by atoms with Gasteiger partial charge in [-0.2, -0.15) is 0 Å². The number of carbonyl (C=O) groups excluding carboxylic acids is 2. The van der Waals surface area contributed by atoms with Crippen molar-refractivity contribution in [2.75, 3.05) is 38.0 Å². The topological polar surface area (TPSA) is 68.4 Å². The van der Waals surface area contributed by atoms with E-state index in [0.717, 1.165) is 16.8 Å². The predicted molar refractivity (Wildman–Crippen MR) is 109 cm³/mol. The molecule has 0 saturated carbocycles. The van der Waals surface area contributed by atoms with E-state index < -0.39 is 0 Å². The zero-order valence-corrected chi connectivity index (χ0v) is 16.4. The number of amides is 2. The van der Waals surface area contributed by atoms with Crippen LogP contribution in [0.15, 0.2) is 36.5 Å². The van der Waals surface area contributed by atoms with Crippen molar-refractivity contribution < 1.29 is 9.59 Å². The van der Waals surface area contributed by atoms with Crippen LogP contribution in [0.1, 0.15) is 21.5 Å². The summed E-state index contributed by atoms with van der Waals surface area (Å²) in [6, 6.07) is 9.40. The van der Waals surface area contributed by atoms with Crippen molar-refractivity contribution in [2.24, 2.45) is 0 Å². The molecule has 1 aromatic carbocycles. The minimum absolute atomic E-state index is 0.0334. The fourth-order valence-electron chi connectivity index (χ4n) is 3.15. The number of anilines is 1. The van der Waals surface area contributed by atoms with E-state index in [9.17, 15) is 9.59 Å². The van der Waals surface area contributed by atoms with E-state index in [4.69, 9.17) is 12.2 Å². The average Bonchev–Trinajstić information content (AvgIpc) is 2.66. The van der Waals surface area contributed by atoms with Gasteiger partial charge < -0.3 is 15.2 Å². The molecule has 1 aromatic heterocycles. The normalized spacial score (nSPS) is 14.8. The van der Waals surface area contributed by atoms with E-state index in [2.05, 4.69) is 15.2 Å². The van der Waals surface area contributed by atoms with Crippen molar-refractivity contribution in [1.82, 2.24) is 14.8 Å². The molecule has 3 rings (SSSR count). The number of H-pyrrole nitrogens is 1. The maximum Gasteiger partial charge on any atom is 0.256 e. The second kappa shape index (κ2) is 8.45. The fourth-order valence-corrected chi connectivity index (χ4v) is 3.37. The molecule has 0 aliphatic carbocycles. The molecule has 2 heterocycles. The first-order valence-electron chi connectivity index (χ1n) is 9.01. The van der Waals surface area contributed by atoms with Crippen molar-refractivity contribution in [3.63, 3.8) is 0 Å². The fraction of sp³-hybridized carbons (Fsp3) is 0.350. The lowest BCUT2D eigenvalue weighted by molar-refractivity contribution is -0.117. The van der Waals surface area contributed by atoms with Gasteiger partial charge in [-0.15, -0.1) is 0 Å². The number of benzene rings is 1. The summed E-state index contributed by atoms with van der Waals surface area (Å²) in [5.74, 6) is -0.0923. The molecule has 0 unspecified atom stereocenters. The van der Waals surface area contributed by atoms with Crippen LogP contribution in [-0.2, 0) is 4.79 Å². The van der Waals surface area contributed by atoms with E-state index in [1.54, 1.807) is 23.2 Å². The number of nitrogens with zero attached hydrogens (tertiary/aromatic N) is 2. The molecular weight excluding hydrogens is 360 g/mol. The predicted octanol–water partition coefficient (Wildman–Crippen LogP) is 2.76. The van der Waals surface area contributed by atoms with Gasteiger partial charge in [0, 0.05) is 38.1 Å². The molecule has 0 spiro atoms. The molecule has 1 saturated heterocycles. The quantitative estimate of drug-likeness (QED) is 0.796. The van der Waals surface area contributed by atoms with E-state index in [0.29, 0.717) is 42.9 Å². The third kappa shape index (κ3) is 4.61. The van der Waals surface area contributed by atoms with E-state index in [1.807, 2.05) is 32.0 Å². The van der Waals surface area contributed by atoms with E-state index in [-0.39, 0.29) is 11.8 Å². The molecule has 1 aliphatic rings. The van der Waals surface area contributed by atoms with Crippen molar-refractivity contribution in [1.29, 1.82) is 0 Å². The van der Waals surface area contributed by atoms with E-state index in [1.165, 1.54) is 0 Å². The first-order chi connectivity index (χ1) is 13.0. The third-order valence-corrected chi connectivity index (χ3v) is 5.29. The average molecular weight is 385 g/mol. The van der Waals surface area contributed by atoms with Gasteiger partial charge in [-0.25, -0.2) is 0 Å². The molecule has 27 heavy (non-hydrogen) atoms. The van der Waals surface area contributed by atoms with Crippen LogP contribution in [0.2, 0.25) is 0 Å². The van der Waals surface area contributed by atoms with E-state index >= 15 is 0 Å². The minimum atomic E-state index is -0.0589. The Balaban J connectivity index is 1.53. The second-order valence-corrected chi connectivity index (χ2v) is 7.19. The van der Waals surface area contributed by atoms with Crippen LogP contribution in [0, 0.1) is 18.5 Å². The Kier molecular flexibility index (Phi) is 6.03. The number of hydrogen-bond donors (Lipinski definition) is 2. The Bertz CT molecular complexity index is 901. The molecule has 0 atom stereocenters. The summed E-state index contributed by atoms with van der Waals surface area (Å²) in [5.41, 5.74) is 3.61. The minimum Gasteiger partial charge on any atom is -0.352 e. The Morgan fingerprint density at radius 2 is 1.85 bits per heavy atom. The highest BCUT2D eigenvalue weighted by Crippen LogP contribution is 2.18. The first-order valence-corrected chi connectivity index (χ1v) is 9.42. The number of aromatic amines is 1. The summed E-state index contributed by atoms with van der Waals surface area (Å²) in [7, 11) is 0. The van der Waals surface area contributed by atoms with Gasteiger partial charge in [0.2, 0.25) is 5.91 Å². The monoisotopic (exact) mass is 384 g/mol. The Hall–Kier alpha value is -2.51. The van der Waals surface area contributed by atoms with Crippen molar-refractivity contribution in [3.8, 4) is 0 Å². The highest BCUT2D eigenvalue weighted by Gasteiger charge is 2.24. The van der Waals surface area contributed by atoms with Gasteiger partial charge in [0.1, 0.15) is 4.64 Å². The molecular formula is C20H24N4O2S. The van der Waals surface area contributed by atoms with Crippen LogP contribution in [-0.4, -0.2) is 59.3 Å². The Morgan fingerprint density at radius 3 is 2.56 bits per heavy atom. The molecule has 1 fully saturated rings. The van der Waals surface area contributed by atoms with Crippen LogP contribution < -0.4 is 5.32 Å². The summed E-state index contributed by atoms with van der Waals surface area (Å²) in [6.07, 6.45) is 1.71. The highest BCUT2D eigenvalue weighted by atomic mass is 32.1. The number of aromatic nitrogens is 1. The molecule has 1 aliphatic heterocycles. The molecule has 0 bridgehead atoms. The van der Waals surface area contributed by atoms with Crippen LogP contribution in [0.5, 0.6) is 0 Å². The smallest absolute Gasteiger partial charge is 0.256 e. The highest BCUT2D eigenvalue weighted by molar-refractivity contribution is 7.71. The van der Waals surface area contributed by atoms with Gasteiger partial charge in [0.05, 0.1) is 12.1 Å². The van der Waals surface area contributed by atoms with Crippen LogP contribution in [0.4, 0.5) is 5.69 Å². The molecule has 7 heteroatoms. The van der Waals surface area contributed by atoms with Gasteiger partial charge in [-0.1, -0.05) is 24.4 Å². The summed E-state index contributed by atoms with van der Waals surface area (Å²) < 4.78 is 0.456. The zero-order chi connectivity index (χ0) is 19.4. The maximum atomic E-state index is 12.6. The lowest BCUT2D eigenvalue weighted by Gasteiger charge is -2.34.